The van der Waals surface area contributed by atoms with Crippen LogP contribution in [-0.2, 0) is 24.5 Å². The molecule has 0 spiro atoms. The summed E-state index contributed by atoms with van der Waals surface area (Å²) < 4.78 is 68.6. The fraction of sp³-hybridized carbons (Fsp3) is 0.250. The predicted octanol–water partition coefficient (Wildman–Crippen LogP) is 6.24. The molecule has 0 radical (unpaired) electrons. The standard InChI is InChI=1S/C28H25F4N5O2/c1-16(14-38-3)33-13-17-9-23(28(30,31)32)25-24(10-17)35-27(39-25)19-6-4-5-18(11-19)21-8-7-20(29)12-22(21)26-36-34-15-37(26)2/h4-12,15-16,33H,13-14H2,1-3H3/t16-/m0/s1. The van der Waals surface area contributed by atoms with Crippen molar-refractivity contribution >= 4 is 11.1 Å². The first-order valence-corrected chi connectivity index (χ1v) is 12.1. The Morgan fingerprint density at radius 1 is 1.05 bits per heavy atom. The van der Waals surface area contributed by atoms with Gasteiger partial charge in [-0.15, -0.1) is 10.2 Å². The lowest BCUT2D eigenvalue weighted by molar-refractivity contribution is -0.136. The summed E-state index contributed by atoms with van der Waals surface area (Å²) in [7, 11) is 3.31. The Balaban J connectivity index is 1.56. The number of fused-ring (bicyclic) bond motifs is 1. The molecule has 5 rings (SSSR count). The molecule has 0 unspecified atom stereocenters. The van der Waals surface area contributed by atoms with E-state index in [1.54, 1.807) is 49.1 Å². The molecule has 0 aliphatic rings. The first kappa shape index (κ1) is 26.5. The van der Waals surface area contributed by atoms with Crippen LogP contribution in [0.25, 0.3) is 45.1 Å². The van der Waals surface area contributed by atoms with E-state index in [9.17, 15) is 17.6 Å². The number of hydrogen-bond donors (Lipinski definition) is 1. The molecule has 0 saturated carbocycles. The number of rotatable bonds is 8. The Morgan fingerprint density at radius 2 is 1.85 bits per heavy atom. The highest BCUT2D eigenvalue weighted by molar-refractivity contribution is 5.84. The lowest BCUT2D eigenvalue weighted by atomic mass is 9.97. The maximum Gasteiger partial charge on any atom is 0.420 e. The van der Waals surface area contributed by atoms with Crippen molar-refractivity contribution in [2.45, 2.75) is 25.7 Å². The van der Waals surface area contributed by atoms with Gasteiger partial charge in [0.25, 0.3) is 0 Å². The van der Waals surface area contributed by atoms with Crippen LogP contribution >= 0.6 is 0 Å². The molecule has 202 valence electrons. The van der Waals surface area contributed by atoms with Gasteiger partial charge in [0.1, 0.15) is 23.2 Å². The zero-order chi connectivity index (χ0) is 27.7. The predicted molar refractivity (Wildman–Crippen MR) is 138 cm³/mol. The second-order valence-electron chi connectivity index (χ2n) is 9.28. The average Bonchev–Trinajstić information content (AvgIpc) is 3.52. The van der Waals surface area contributed by atoms with Crippen LogP contribution < -0.4 is 5.32 Å². The minimum absolute atomic E-state index is 0.0394. The van der Waals surface area contributed by atoms with Crippen LogP contribution in [-0.4, -0.2) is 39.5 Å². The van der Waals surface area contributed by atoms with Gasteiger partial charge in [0, 0.05) is 37.9 Å². The number of nitrogens with one attached hydrogen (secondary N) is 1. The fourth-order valence-corrected chi connectivity index (χ4v) is 4.43. The highest BCUT2D eigenvalue weighted by Crippen LogP contribution is 2.39. The number of aryl methyl sites for hydroxylation is 1. The molecule has 2 heterocycles. The quantitative estimate of drug-likeness (QED) is 0.235. The van der Waals surface area contributed by atoms with Gasteiger partial charge in [0.2, 0.25) is 5.89 Å². The topological polar surface area (TPSA) is 78.0 Å². The van der Waals surface area contributed by atoms with E-state index >= 15 is 0 Å². The van der Waals surface area contributed by atoms with E-state index in [1.165, 1.54) is 18.5 Å². The molecule has 3 aromatic carbocycles. The number of benzene rings is 3. The second-order valence-corrected chi connectivity index (χ2v) is 9.28. The van der Waals surface area contributed by atoms with E-state index in [4.69, 9.17) is 9.15 Å². The number of methoxy groups -OCH3 is 1. The molecule has 1 atom stereocenters. The van der Waals surface area contributed by atoms with Crippen molar-refractivity contribution in [3.8, 4) is 34.0 Å². The Labute approximate surface area is 221 Å². The average molecular weight is 540 g/mol. The molecule has 2 aromatic heterocycles. The minimum Gasteiger partial charge on any atom is -0.435 e. The summed E-state index contributed by atoms with van der Waals surface area (Å²) in [6.45, 7) is 2.51. The molecule has 0 aliphatic carbocycles. The van der Waals surface area contributed by atoms with E-state index in [1.807, 2.05) is 13.0 Å². The Kier molecular flexibility index (Phi) is 7.19. The summed E-state index contributed by atoms with van der Waals surface area (Å²) in [5, 5.41) is 11.1. The van der Waals surface area contributed by atoms with Gasteiger partial charge in [-0.25, -0.2) is 9.37 Å². The molecule has 0 saturated heterocycles. The highest BCUT2D eigenvalue weighted by Gasteiger charge is 2.35. The molecular weight excluding hydrogens is 514 g/mol. The van der Waals surface area contributed by atoms with Crippen LogP contribution in [0, 0.1) is 5.82 Å². The first-order chi connectivity index (χ1) is 18.6. The van der Waals surface area contributed by atoms with Crippen molar-refractivity contribution < 1.29 is 26.7 Å². The number of nitrogens with zero attached hydrogens (tertiary/aromatic N) is 4. The smallest absolute Gasteiger partial charge is 0.420 e. The van der Waals surface area contributed by atoms with Gasteiger partial charge >= 0.3 is 6.18 Å². The first-order valence-electron chi connectivity index (χ1n) is 12.1. The van der Waals surface area contributed by atoms with Crippen molar-refractivity contribution in [1.82, 2.24) is 25.1 Å². The monoisotopic (exact) mass is 539 g/mol. The van der Waals surface area contributed by atoms with E-state index in [-0.39, 0.29) is 29.6 Å². The third-order valence-electron chi connectivity index (χ3n) is 6.28. The Morgan fingerprint density at radius 3 is 2.56 bits per heavy atom. The third-order valence-corrected chi connectivity index (χ3v) is 6.28. The van der Waals surface area contributed by atoms with Crippen LogP contribution in [0.3, 0.4) is 0 Å². The lowest BCUT2D eigenvalue weighted by Gasteiger charge is -2.14. The maximum atomic E-state index is 14.2. The summed E-state index contributed by atoms with van der Waals surface area (Å²) >= 11 is 0. The zero-order valence-corrected chi connectivity index (χ0v) is 21.4. The van der Waals surface area contributed by atoms with Crippen molar-refractivity contribution in [3.05, 3.63) is 77.9 Å². The maximum absolute atomic E-state index is 14.2. The highest BCUT2D eigenvalue weighted by atomic mass is 19.4. The molecule has 0 amide bonds. The van der Waals surface area contributed by atoms with Crippen LogP contribution in [0.4, 0.5) is 17.6 Å². The largest absolute Gasteiger partial charge is 0.435 e. The van der Waals surface area contributed by atoms with Gasteiger partial charge in [0.05, 0.1) is 6.61 Å². The molecule has 0 aliphatic heterocycles. The second kappa shape index (κ2) is 10.6. The van der Waals surface area contributed by atoms with E-state index in [0.717, 1.165) is 6.07 Å². The van der Waals surface area contributed by atoms with Gasteiger partial charge < -0.3 is 19.0 Å². The van der Waals surface area contributed by atoms with Crippen molar-refractivity contribution in [2.24, 2.45) is 7.05 Å². The summed E-state index contributed by atoms with van der Waals surface area (Å²) in [4.78, 5) is 4.41. The van der Waals surface area contributed by atoms with E-state index < -0.39 is 17.6 Å². The SMILES string of the molecule is COC[C@H](C)NCc1cc(C(F)(F)F)c2oc(-c3cccc(-c4ccc(F)cc4-c4nncn4C)c3)nc2c1. The third kappa shape index (κ3) is 5.55. The number of alkyl halides is 3. The van der Waals surface area contributed by atoms with Gasteiger partial charge in [0.15, 0.2) is 11.4 Å². The summed E-state index contributed by atoms with van der Waals surface area (Å²) in [5.74, 6) is 0.0681. The Hall–Kier alpha value is -4.09. The van der Waals surface area contributed by atoms with Crippen LogP contribution in [0.1, 0.15) is 18.1 Å². The summed E-state index contributed by atoms with van der Waals surface area (Å²) in [6, 6.07) is 13.9. The van der Waals surface area contributed by atoms with Crippen molar-refractivity contribution in [3.63, 3.8) is 0 Å². The van der Waals surface area contributed by atoms with Crippen molar-refractivity contribution in [2.75, 3.05) is 13.7 Å². The zero-order valence-electron chi connectivity index (χ0n) is 21.4. The van der Waals surface area contributed by atoms with E-state index in [0.29, 0.717) is 40.2 Å². The molecule has 0 fully saturated rings. The normalized spacial score (nSPS) is 12.8. The van der Waals surface area contributed by atoms with Crippen LogP contribution in [0.2, 0.25) is 0 Å². The number of hydrogen-bond acceptors (Lipinski definition) is 6. The molecule has 7 nitrogen and oxygen atoms in total. The van der Waals surface area contributed by atoms with Gasteiger partial charge in [-0.1, -0.05) is 18.2 Å². The summed E-state index contributed by atoms with van der Waals surface area (Å²) in [5.41, 5.74) is 1.63. The summed E-state index contributed by atoms with van der Waals surface area (Å²) in [6.07, 6.45) is -3.12. The van der Waals surface area contributed by atoms with Crippen molar-refractivity contribution in [1.29, 1.82) is 0 Å². The van der Waals surface area contributed by atoms with Gasteiger partial charge in [-0.3, -0.25) is 0 Å². The molecule has 0 bridgehead atoms. The number of oxazole rings is 1. The molecule has 5 aromatic rings. The van der Waals surface area contributed by atoms with E-state index in [2.05, 4.69) is 20.5 Å². The Bertz CT molecular complexity index is 1630. The number of halogens is 4. The van der Waals surface area contributed by atoms with Crippen LogP contribution in [0.5, 0.6) is 0 Å². The number of ether oxygens (including phenoxy) is 1. The lowest BCUT2D eigenvalue weighted by Crippen LogP contribution is -2.29. The molecule has 39 heavy (non-hydrogen) atoms. The van der Waals surface area contributed by atoms with Crippen LogP contribution in [0.15, 0.2) is 65.3 Å². The molecular formula is C28H25F4N5O2. The molecule has 1 N–H and O–H groups in total. The van der Waals surface area contributed by atoms with Gasteiger partial charge in [-0.05, 0) is 60.0 Å². The number of aromatic nitrogens is 4. The van der Waals surface area contributed by atoms with Gasteiger partial charge in [-0.2, -0.15) is 13.2 Å². The fourth-order valence-electron chi connectivity index (χ4n) is 4.43. The minimum atomic E-state index is -4.63. The molecule has 11 heteroatoms.